The van der Waals surface area contributed by atoms with E-state index in [1.807, 2.05) is 0 Å². The standard InChI is InChI=1S/C14H15BrN2O4/c1-2-21-14(20)8-3-4-11(10(15)5-8)17-13(19)9-6-12(18)16-7-9/h3-5,9H,2,6-7H2,1H3,(H,16,18)(H,17,19). The van der Waals surface area contributed by atoms with Gasteiger partial charge >= 0.3 is 5.97 Å². The molecule has 0 bridgehead atoms. The number of halogens is 1. The van der Waals surface area contributed by atoms with Gasteiger partial charge in [0, 0.05) is 17.4 Å². The minimum absolute atomic E-state index is 0.119. The Labute approximate surface area is 130 Å². The summed E-state index contributed by atoms with van der Waals surface area (Å²) in [7, 11) is 0. The van der Waals surface area contributed by atoms with Crippen LogP contribution in [0.25, 0.3) is 0 Å². The van der Waals surface area contributed by atoms with Crippen molar-refractivity contribution < 1.29 is 19.1 Å². The summed E-state index contributed by atoms with van der Waals surface area (Å²) in [6, 6.07) is 4.79. The zero-order valence-corrected chi connectivity index (χ0v) is 13.0. The van der Waals surface area contributed by atoms with Crippen LogP contribution in [-0.2, 0) is 14.3 Å². The van der Waals surface area contributed by atoms with Crippen molar-refractivity contribution in [1.29, 1.82) is 0 Å². The number of anilines is 1. The van der Waals surface area contributed by atoms with Gasteiger partial charge in [-0.15, -0.1) is 0 Å². The van der Waals surface area contributed by atoms with Gasteiger partial charge in [-0.1, -0.05) is 0 Å². The minimum Gasteiger partial charge on any atom is -0.462 e. The maximum absolute atomic E-state index is 12.0. The number of carbonyl (C=O) groups is 3. The van der Waals surface area contributed by atoms with E-state index >= 15 is 0 Å². The number of esters is 1. The second kappa shape index (κ2) is 6.71. The summed E-state index contributed by atoms with van der Waals surface area (Å²) in [6.07, 6.45) is 0.199. The number of amides is 2. The molecule has 7 heteroatoms. The van der Waals surface area contributed by atoms with Gasteiger partial charge in [0.1, 0.15) is 0 Å². The fourth-order valence-corrected chi connectivity index (χ4v) is 2.46. The number of hydrogen-bond acceptors (Lipinski definition) is 4. The highest BCUT2D eigenvalue weighted by atomic mass is 79.9. The molecule has 2 amide bonds. The largest absolute Gasteiger partial charge is 0.462 e. The molecular weight excluding hydrogens is 340 g/mol. The quantitative estimate of drug-likeness (QED) is 0.806. The highest BCUT2D eigenvalue weighted by molar-refractivity contribution is 9.10. The zero-order valence-electron chi connectivity index (χ0n) is 11.4. The monoisotopic (exact) mass is 354 g/mol. The summed E-state index contributed by atoms with van der Waals surface area (Å²) in [5.74, 6) is -1.12. The Bertz CT molecular complexity index is 588. The van der Waals surface area contributed by atoms with E-state index in [4.69, 9.17) is 4.74 Å². The molecule has 1 fully saturated rings. The Morgan fingerprint density at radius 3 is 2.81 bits per heavy atom. The molecule has 1 aromatic carbocycles. The molecule has 2 N–H and O–H groups in total. The second-order valence-corrected chi connectivity index (χ2v) is 5.46. The van der Waals surface area contributed by atoms with Crippen molar-refractivity contribution in [3.8, 4) is 0 Å². The van der Waals surface area contributed by atoms with Crippen molar-refractivity contribution in [2.45, 2.75) is 13.3 Å². The van der Waals surface area contributed by atoms with Gasteiger partial charge in [0.25, 0.3) is 0 Å². The van der Waals surface area contributed by atoms with Gasteiger partial charge in [0.15, 0.2) is 0 Å². The third-order valence-corrected chi connectivity index (χ3v) is 3.74. The molecule has 1 aliphatic rings. The molecule has 0 radical (unpaired) electrons. The van der Waals surface area contributed by atoms with E-state index < -0.39 is 5.97 Å². The maximum Gasteiger partial charge on any atom is 0.338 e. The number of rotatable bonds is 4. The first-order chi connectivity index (χ1) is 10.0. The Morgan fingerprint density at radius 1 is 1.48 bits per heavy atom. The summed E-state index contributed by atoms with van der Waals surface area (Å²) >= 11 is 3.31. The van der Waals surface area contributed by atoms with Gasteiger partial charge in [0.2, 0.25) is 11.8 Å². The number of nitrogens with one attached hydrogen (secondary N) is 2. The molecule has 1 aromatic rings. The topological polar surface area (TPSA) is 84.5 Å². The van der Waals surface area contributed by atoms with Crippen molar-refractivity contribution in [2.75, 3.05) is 18.5 Å². The van der Waals surface area contributed by atoms with E-state index in [0.29, 0.717) is 28.9 Å². The van der Waals surface area contributed by atoms with Crippen molar-refractivity contribution in [3.63, 3.8) is 0 Å². The number of hydrogen-bond donors (Lipinski definition) is 2. The normalized spacial score (nSPS) is 17.2. The van der Waals surface area contributed by atoms with Gasteiger partial charge in [-0.25, -0.2) is 4.79 Å². The van der Waals surface area contributed by atoms with Crippen molar-refractivity contribution >= 4 is 39.4 Å². The molecule has 6 nitrogen and oxygen atoms in total. The lowest BCUT2D eigenvalue weighted by Gasteiger charge is -2.11. The minimum atomic E-state index is -0.415. The van der Waals surface area contributed by atoms with Crippen LogP contribution in [0.1, 0.15) is 23.7 Å². The van der Waals surface area contributed by atoms with Gasteiger partial charge in [-0.3, -0.25) is 9.59 Å². The first-order valence-electron chi connectivity index (χ1n) is 6.55. The molecule has 0 aliphatic carbocycles. The Morgan fingerprint density at radius 2 is 2.24 bits per heavy atom. The van der Waals surface area contributed by atoms with E-state index in [-0.39, 0.29) is 24.2 Å². The molecule has 0 saturated carbocycles. The molecule has 1 atom stereocenters. The lowest BCUT2D eigenvalue weighted by atomic mass is 10.1. The van der Waals surface area contributed by atoms with Crippen LogP contribution in [0, 0.1) is 5.92 Å². The summed E-state index contributed by atoms with van der Waals surface area (Å²) in [5.41, 5.74) is 0.951. The lowest BCUT2D eigenvalue weighted by molar-refractivity contribution is -0.123. The van der Waals surface area contributed by atoms with Crippen LogP contribution >= 0.6 is 15.9 Å². The molecule has 1 saturated heterocycles. The van der Waals surface area contributed by atoms with Crippen LogP contribution in [-0.4, -0.2) is 30.9 Å². The van der Waals surface area contributed by atoms with Crippen molar-refractivity contribution in [1.82, 2.24) is 5.32 Å². The Hall–Kier alpha value is -1.89. The van der Waals surface area contributed by atoms with E-state index in [9.17, 15) is 14.4 Å². The van der Waals surface area contributed by atoms with Gasteiger partial charge < -0.3 is 15.4 Å². The average molecular weight is 355 g/mol. The zero-order chi connectivity index (χ0) is 15.4. The molecular formula is C14H15BrN2O4. The maximum atomic E-state index is 12.0. The molecule has 0 aromatic heterocycles. The second-order valence-electron chi connectivity index (χ2n) is 4.61. The summed E-state index contributed by atoms with van der Waals surface area (Å²) < 4.78 is 5.49. The van der Waals surface area contributed by atoms with Crippen molar-refractivity contribution in [2.24, 2.45) is 5.92 Å². The van der Waals surface area contributed by atoms with E-state index in [2.05, 4.69) is 26.6 Å². The fourth-order valence-electron chi connectivity index (χ4n) is 1.98. The molecule has 0 spiro atoms. The Kier molecular flexibility index (Phi) is 4.95. The highest BCUT2D eigenvalue weighted by Gasteiger charge is 2.28. The van der Waals surface area contributed by atoms with Gasteiger partial charge in [-0.05, 0) is 41.1 Å². The smallest absolute Gasteiger partial charge is 0.338 e. The number of carbonyl (C=O) groups excluding carboxylic acids is 3. The predicted molar refractivity (Wildman–Crippen MR) is 79.8 cm³/mol. The van der Waals surface area contributed by atoms with Crippen LogP contribution < -0.4 is 10.6 Å². The third-order valence-electron chi connectivity index (χ3n) is 3.09. The third kappa shape index (κ3) is 3.81. The van der Waals surface area contributed by atoms with Crippen LogP contribution in [0.5, 0.6) is 0 Å². The summed E-state index contributed by atoms with van der Waals surface area (Å²) in [5, 5.41) is 5.36. The average Bonchev–Trinajstić information content (AvgIpc) is 2.88. The van der Waals surface area contributed by atoms with Gasteiger partial charge in [0.05, 0.1) is 23.8 Å². The Balaban J connectivity index is 2.05. The molecule has 21 heavy (non-hydrogen) atoms. The molecule has 1 aliphatic heterocycles. The predicted octanol–water partition coefficient (Wildman–Crippen LogP) is 1.70. The van der Waals surface area contributed by atoms with Gasteiger partial charge in [-0.2, -0.15) is 0 Å². The summed E-state index contributed by atoms with van der Waals surface area (Å²) in [6.45, 7) is 2.39. The number of ether oxygens (including phenoxy) is 1. The fraction of sp³-hybridized carbons (Fsp3) is 0.357. The first-order valence-corrected chi connectivity index (χ1v) is 7.34. The van der Waals surface area contributed by atoms with E-state index in [1.54, 1.807) is 25.1 Å². The highest BCUT2D eigenvalue weighted by Crippen LogP contribution is 2.25. The molecule has 1 heterocycles. The van der Waals surface area contributed by atoms with E-state index in [1.165, 1.54) is 0 Å². The SMILES string of the molecule is CCOC(=O)c1ccc(NC(=O)C2CNC(=O)C2)c(Br)c1. The van der Waals surface area contributed by atoms with Crippen LogP contribution in [0.2, 0.25) is 0 Å². The molecule has 1 unspecified atom stereocenters. The summed E-state index contributed by atoms with van der Waals surface area (Å²) in [4.78, 5) is 34.7. The first kappa shape index (κ1) is 15.5. The molecule has 2 rings (SSSR count). The van der Waals surface area contributed by atoms with Crippen LogP contribution in [0.15, 0.2) is 22.7 Å². The van der Waals surface area contributed by atoms with Crippen LogP contribution in [0.3, 0.4) is 0 Å². The number of benzene rings is 1. The lowest BCUT2D eigenvalue weighted by Crippen LogP contribution is -2.24. The van der Waals surface area contributed by atoms with Crippen LogP contribution in [0.4, 0.5) is 5.69 Å². The van der Waals surface area contributed by atoms with Crippen molar-refractivity contribution in [3.05, 3.63) is 28.2 Å². The van der Waals surface area contributed by atoms with E-state index in [0.717, 1.165) is 0 Å². The molecule has 112 valence electrons.